The minimum atomic E-state index is -3.66. The van der Waals surface area contributed by atoms with Crippen LogP contribution in [0.5, 0.6) is 0 Å². The van der Waals surface area contributed by atoms with Crippen molar-refractivity contribution >= 4 is 27.3 Å². The summed E-state index contributed by atoms with van der Waals surface area (Å²) in [5.41, 5.74) is 6.89. The number of anilines is 1. The Morgan fingerprint density at radius 3 is 2.86 bits per heavy atom. The van der Waals surface area contributed by atoms with Crippen molar-refractivity contribution in [3.05, 3.63) is 41.4 Å². The summed E-state index contributed by atoms with van der Waals surface area (Å²) in [4.78, 5) is 3.93. The van der Waals surface area contributed by atoms with E-state index in [0.29, 0.717) is 25.2 Å². The van der Waals surface area contributed by atoms with Crippen molar-refractivity contribution in [2.45, 2.75) is 24.8 Å². The fourth-order valence-electron chi connectivity index (χ4n) is 1.84. The van der Waals surface area contributed by atoms with Gasteiger partial charge in [0.05, 0.1) is 11.3 Å². The second-order valence-electron chi connectivity index (χ2n) is 4.69. The van der Waals surface area contributed by atoms with Crippen LogP contribution in [0, 0.1) is 6.92 Å². The first-order valence-electron chi connectivity index (χ1n) is 6.41. The van der Waals surface area contributed by atoms with E-state index in [4.69, 9.17) is 17.3 Å². The summed E-state index contributed by atoms with van der Waals surface area (Å²) in [6, 6.07) is 2.94. The number of nitrogens with one attached hydrogen (secondary N) is 1. The van der Waals surface area contributed by atoms with Crippen molar-refractivity contribution in [1.29, 1.82) is 0 Å². The fraction of sp³-hybridized carbons (Fsp3) is 0.308. The summed E-state index contributed by atoms with van der Waals surface area (Å²) in [5, 5.41) is 0.170. The van der Waals surface area contributed by atoms with Gasteiger partial charge in [-0.2, -0.15) is 0 Å². The monoisotopic (exact) mass is 328 g/mol. The van der Waals surface area contributed by atoms with Crippen LogP contribution in [-0.2, 0) is 16.6 Å². The number of nitrogens with zero attached hydrogens (tertiary/aromatic N) is 2. The second-order valence-corrected chi connectivity index (χ2v) is 6.83. The average Bonchev–Trinajstić information content (AvgIpc) is 2.92. The molecule has 21 heavy (non-hydrogen) atoms. The number of sulfonamides is 1. The number of hydrogen-bond donors (Lipinski definition) is 2. The van der Waals surface area contributed by atoms with Gasteiger partial charge in [-0.1, -0.05) is 11.6 Å². The van der Waals surface area contributed by atoms with Crippen molar-refractivity contribution in [2.24, 2.45) is 0 Å². The maximum absolute atomic E-state index is 12.2. The molecule has 8 heteroatoms. The molecule has 2 rings (SSSR count). The first kappa shape index (κ1) is 15.8. The standard InChI is InChI=1S/C13H17ClN4O2S/c1-10-7-11(14)13(8-12(10)15)21(19,20)17-3-2-5-18-6-4-16-9-18/h4,6-9,17H,2-3,5,15H2,1H3. The first-order chi connectivity index (χ1) is 9.90. The first-order valence-corrected chi connectivity index (χ1v) is 8.27. The van der Waals surface area contributed by atoms with Gasteiger partial charge in [-0.05, 0) is 31.0 Å². The van der Waals surface area contributed by atoms with Gasteiger partial charge >= 0.3 is 0 Å². The molecule has 0 bridgehead atoms. The van der Waals surface area contributed by atoms with Crippen LogP contribution in [0.25, 0.3) is 0 Å². The van der Waals surface area contributed by atoms with Crippen LogP contribution < -0.4 is 10.5 Å². The van der Waals surface area contributed by atoms with E-state index >= 15 is 0 Å². The number of nitrogen functional groups attached to an aromatic ring is 1. The summed E-state index contributed by atoms with van der Waals surface area (Å²) in [7, 11) is -3.66. The molecule has 1 aromatic carbocycles. The second kappa shape index (κ2) is 6.46. The summed E-state index contributed by atoms with van der Waals surface area (Å²) in [6.45, 7) is 2.77. The van der Waals surface area contributed by atoms with Gasteiger partial charge in [-0.25, -0.2) is 18.1 Å². The highest BCUT2D eigenvalue weighted by atomic mass is 35.5. The number of aryl methyl sites for hydroxylation is 2. The highest BCUT2D eigenvalue weighted by Crippen LogP contribution is 2.26. The van der Waals surface area contributed by atoms with E-state index < -0.39 is 10.0 Å². The molecule has 0 fully saturated rings. The van der Waals surface area contributed by atoms with Crippen LogP contribution >= 0.6 is 11.6 Å². The molecule has 0 aliphatic rings. The molecule has 0 saturated carbocycles. The number of imidazole rings is 1. The van der Waals surface area contributed by atoms with E-state index in [0.717, 1.165) is 5.56 Å². The Balaban J connectivity index is 2.00. The molecule has 1 heterocycles. The van der Waals surface area contributed by atoms with E-state index in [1.54, 1.807) is 25.5 Å². The maximum atomic E-state index is 12.2. The number of rotatable bonds is 6. The van der Waals surface area contributed by atoms with Crippen LogP contribution in [0.4, 0.5) is 5.69 Å². The highest BCUT2D eigenvalue weighted by molar-refractivity contribution is 7.89. The van der Waals surface area contributed by atoms with Crippen molar-refractivity contribution in [2.75, 3.05) is 12.3 Å². The Morgan fingerprint density at radius 2 is 2.19 bits per heavy atom. The Labute approximate surface area is 129 Å². The van der Waals surface area contributed by atoms with E-state index in [1.165, 1.54) is 6.07 Å². The normalized spacial score (nSPS) is 11.7. The average molecular weight is 329 g/mol. The summed E-state index contributed by atoms with van der Waals surface area (Å²) in [6.07, 6.45) is 5.84. The predicted octanol–water partition coefficient (Wildman–Crippen LogP) is 1.80. The fourth-order valence-corrected chi connectivity index (χ4v) is 3.53. The molecule has 2 aromatic rings. The third kappa shape index (κ3) is 3.96. The SMILES string of the molecule is Cc1cc(Cl)c(S(=O)(=O)NCCCn2ccnc2)cc1N. The molecule has 1 aromatic heterocycles. The molecule has 0 spiro atoms. The number of halogens is 1. The maximum Gasteiger partial charge on any atom is 0.242 e. The number of nitrogens with two attached hydrogens (primary N) is 1. The van der Waals surface area contributed by atoms with Gasteiger partial charge in [0.15, 0.2) is 0 Å². The lowest BCUT2D eigenvalue weighted by Crippen LogP contribution is -2.26. The third-order valence-electron chi connectivity index (χ3n) is 3.05. The topological polar surface area (TPSA) is 90.0 Å². The Morgan fingerprint density at radius 1 is 1.43 bits per heavy atom. The van der Waals surface area contributed by atoms with E-state index in [-0.39, 0.29) is 9.92 Å². The number of benzene rings is 1. The smallest absolute Gasteiger partial charge is 0.242 e. The molecular weight excluding hydrogens is 312 g/mol. The molecule has 0 amide bonds. The van der Waals surface area contributed by atoms with Crippen LogP contribution in [0.3, 0.4) is 0 Å². The van der Waals surface area contributed by atoms with Gasteiger partial charge in [-0.15, -0.1) is 0 Å². The molecule has 6 nitrogen and oxygen atoms in total. The van der Waals surface area contributed by atoms with E-state index in [1.807, 2.05) is 10.8 Å². The lowest BCUT2D eigenvalue weighted by Gasteiger charge is -2.10. The zero-order valence-electron chi connectivity index (χ0n) is 11.6. The highest BCUT2D eigenvalue weighted by Gasteiger charge is 2.18. The van der Waals surface area contributed by atoms with Gasteiger partial charge in [-0.3, -0.25) is 0 Å². The minimum Gasteiger partial charge on any atom is -0.398 e. The van der Waals surface area contributed by atoms with Crippen molar-refractivity contribution in [3.8, 4) is 0 Å². The summed E-state index contributed by atoms with van der Waals surface area (Å²) >= 11 is 5.99. The molecular formula is C13H17ClN4O2S. The Hall–Kier alpha value is -1.57. The molecule has 0 radical (unpaired) electrons. The zero-order valence-corrected chi connectivity index (χ0v) is 13.2. The zero-order chi connectivity index (χ0) is 15.5. The van der Waals surface area contributed by atoms with Crippen LogP contribution in [0.2, 0.25) is 5.02 Å². The van der Waals surface area contributed by atoms with Crippen LogP contribution in [0.1, 0.15) is 12.0 Å². The van der Waals surface area contributed by atoms with Crippen LogP contribution in [-0.4, -0.2) is 24.5 Å². The summed E-state index contributed by atoms with van der Waals surface area (Å²) < 4.78 is 28.8. The van der Waals surface area contributed by atoms with Gasteiger partial charge in [0.1, 0.15) is 4.90 Å². The third-order valence-corrected chi connectivity index (χ3v) is 4.98. The molecule has 0 aliphatic carbocycles. The molecule has 0 saturated heterocycles. The molecule has 0 aliphatic heterocycles. The molecule has 0 unspecified atom stereocenters. The number of hydrogen-bond acceptors (Lipinski definition) is 4. The lowest BCUT2D eigenvalue weighted by atomic mass is 10.2. The van der Waals surface area contributed by atoms with Gasteiger partial charge in [0.25, 0.3) is 0 Å². The predicted molar refractivity (Wildman–Crippen MR) is 82.6 cm³/mol. The molecule has 114 valence electrons. The van der Waals surface area contributed by atoms with Gasteiger partial charge in [0.2, 0.25) is 10.0 Å². The van der Waals surface area contributed by atoms with E-state index in [2.05, 4.69) is 9.71 Å². The quantitative estimate of drug-likeness (QED) is 0.625. The minimum absolute atomic E-state index is 0.00916. The molecule has 3 N–H and O–H groups in total. The summed E-state index contributed by atoms with van der Waals surface area (Å²) in [5.74, 6) is 0. The van der Waals surface area contributed by atoms with Gasteiger partial charge in [0, 0.05) is 31.2 Å². The largest absolute Gasteiger partial charge is 0.398 e. The molecule has 0 atom stereocenters. The van der Waals surface area contributed by atoms with Gasteiger partial charge < -0.3 is 10.3 Å². The van der Waals surface area contributed by atoms with Crippen molar-refractivity contribution < 1.29 is 8.42 Å². The van der Waals surface area contributed by atoms with Crippen molar-refractivity contribution in [1.82, 2.24) is 14.3 Å². The lowest BCUT2D eigenvalue weighted by molar-refractivity contribution is 0.570. The Kier molecular flexibility index (Phi) is 4.87. The number of aromatic nitrogens is 2. The Bertz CT molecular complexity index is 714. The van der Waals surface area contributed by atoms with E-state index in [9.17, 15) is 8.42 Å². The van der Waals surface area contributed by atoms with Crippen molar-refractivity contribution in [3.63, 3.8) is 0 Å². The van der Waals surface area contributed by atoms with Crippen LogP contribution in [0.15, 0.2) is 35.7 Å².